The predicted octanol–water partition coefficient (Wildman–Crippen LogP) is 3.24. The molecule has 114 valence electrons. The van der Waals surface area contributed by atoms with Crippen LogP contribution in [-0.2, 0) is 11.3 Å². The molecular formula is C18H21N3O. The minimum atomic E-state index is -0.107. The third kappa shape index (κ3) is 3.73. The van der Waals surface area contributed by atoms with Gasteiger partial charge in [-0.2, -0.15) is 5.10 Å². The van der Waals surface area contributed by atoms with E-state index in [1.165, 1.54) is 6.08 Å². The molecule has 0 fully saturated rings. The van der Waals surface area contributed by atoms with Gasteiger partial charge in [-0.3, -0.25) is 4.79 Å². The number of carbonyl (C=O) groups excluding carboxylic acids is 1. The molecule has 1 N–H and O–H groups in total. The molecule has 1 heterocycles. The highest BCUT2D eigenvalue weighted by Crippen LogP contribution is 2.17. The molecule has 0 saturated heterocycles. The van der Waals surface area contributed by atoms with Crippen LogP contribution in [0.5, 0.6) is 0 Å². The highest BCUT2D eigenvalue weighted by molar-refractivity contribution is 5.87. The summed E-state index contributed by atoms with van der Waals surface area (Å²) in [7, 11) is 0. The number of hydrogen-bond acceptors (Lipinski definition) is 2. The van der Waals surface area contributed by atoms with E-state index in [4.69, 9.17) is 0 Å². The number of nitrogens with zero attached hydrogens (tertiary/aromatic N) is 2. The van der Waals surface area contributed by atoms with E-state index < -0.39 is 0 Å². The molecule has 0 unspecified atom stereocenters. The van der Waals surface area contributed by atoms with Gasteiger partial charge >= 0.3 is 0 Å². The summed E-state index contributed by atoms with van der Waals surface area (Å²) in [6.07, 6.45) is 6.94. The van der Waals surface area contributed by atoms with E-state index in [0.29, 0.717) is 6.54 Å². The first-order valence-electron chi connectivity index (χ1n) is 7.31. The molecular weight excluding hydrogens is 274 g/mol. The Bertz CT molecular complexity index is 697. The van der Waals surface area contributed by atoms with E-state index in [0.717, 1.165) is 22.6 Å². The molecule has 0 spiro atoms. The van der Waals surface area contributed by atoms with Crippen LogP contribution in [0.15, 0.2) is 54.6 Å². The summed E-state index contributed by atoms with van der Waals surface area (Å²) in [5.74, 6) is -0.107. The Morgan fingerprint density at radius 2 is 1.95 bits per heavy atom. The van der Waals surface area contributed by atoms with Crippen LogP contribution in [0, 0.1) is 13.8 Å². The number of aromatic nitrogens is 2. The predicted molar refractivity (Wildman–Crippen MR) is 88.8 cm³/mol. The molecule has 1 aromatic carbocycles. The van der Waals surface area contributed by atoms with Crippen molar-refractivity contribution in [1.82, 2.24) is 15.1 Å². The van der Waals surface area contributed by atoms with Crippen LogP contribution >= 0.6 is 0 Å². The molecule has 0 atom stereocenters. The fourth-order valence-electron chi connectivity index (χ4n) is 2.24. The van der Waals surface area contributed by atoms with Crippen molar-refractivity contribution in [2.75, 3.05) is 0 Å². The number of carbonyl (C=O) groups is 1. The van der Waals surface area contributed by atoms with Crippen molar-refractivity contribution in [2.45, 2.75) is 27.3 Å². The summed E-state index contributed by atoms with van der Waals surface area (Å²) < 4.78 is 1.91. The van der Waals surface area contributed by atoms with Gasteiger partial charge in [0, 0.05) is 23.9 Å². The number of aryl methyl sites for hydroxylation is 1. The molecule has 2 rings (SSSR count). The van der Waals surface area contributed by atoms with E-state index in [1.807, 2.05) is 67.9 Å². The smallest absolute Gasteiger partial charge is 0.244 e. The summed E-state index contributed by atoms with van der Waals surface area (Å²) in [6.45, 7) is 6.37. The third-order valence-electron chi connectivity index (χ3n) is 3.43. The Hall–Kier alpha value is -2.62. The van der Waals surface area contributed by atoms with Crippen molar-refractivity contribution in [1.29, 1.82) is 0 Å². The second kappa shape index (κ2) is 7.41. The maximum Gasteiger partial charge on any atom is 0.244 e. The van der Waals surface area contributed by atoms with Gasteiger partial charge in [-0.25, -0.2) is 4.68 Å². The number of benzene rings is 1. The Morgan fingerprint density at radius 3 is 2.64 bits per heavy atom. The van der Waals surface area contributed by atoms with Gasteiger partial charge in [0.25, 0.3) is 0 Å². The first-order valence-corrected chi connectivity index (χ1v) is 7.31. The Morgan fingerprint density at radius 1 is 1.23 bits per heavy atom. The van der Waals surface area contributed by atoms with Crippen LogP contribution in [0.3, 0.4) is 0 Å². The molecule has 22 heavy (non-hydrogen) atoms. The second-order valence-corrected chi connectivity index (χ2v) is 5.00. The molecule has 4 heteroatoms. The summed E-state index contributed by atoms with van der Waals surface area (Å²) in [4.78, 5) is 11.7. The average Bonchev–Trinajstić information content (AvgIpc) is 2.81. The topological polar surface area (TPSA) is 46.9 Å². The average molecular weight is 295 g/mol. The number of rotatable bonds is 5. The highest BCUT2D eigenvalue weighted by Gasteiger charge is 2.12. The van der Waals surface area contributed by atoms with Gasteiger partial charge in [-0.05, 0) is 32.9 Å². The monoisotopic (exact) mass is 295 g/mol. The molecule has 0 aliphatic carbocycles. The number of para-hydroxylation sites is 1. The molecule has 4 nitrogen and oxygen atoms in total. The number of allylic oxidation sites excluding steroid dienone is 3. The largest absolute Gasteiger partial charge is 0.348 e. The first-order chi connectivity index (χ1) is 10.6. The van der Waals surface area contributed by atoms with Crippen LogP contribution in [0.1, 0.15) is 23.9 Å². The van der Waals surface area contributed by atoms with E-state index in [9.17, 15) is 4.79 Å². The van der Waals surface area contributed by atoms with Crippen molar-refractivity contribution >= 4 is 5.91 Å². The normalized spacial score (nSPS) is 11.4. The summed E-state index contributed by atoms with van der Waals surface area (Å²) in [5.41, 5.74) is 4.05. The molecule has 0 saturated carbocycles. The van der Waals surface area contributed by atoms with Crippen LogP contribution in [-0.4, -0.2) is 15.7 Å². The molecule has 0 aliphatic rings. The second-order valence-electron chi connectivity index (χ2n) is 5.00. The van der Waals surface area contributed by atoms with Crippen LogP contribution in [0.4, 0.5) is 0 Å². The molecule has 0 bridgehead atoms. The van der Waals surface area contributed by atoms with Crippen LogP contribution < -0.4 is 5.32 Å². The van der Waals surface area contributed by atoms with Crippen molar-refractivity contribution < 1.29 is 4.79 Å². The minimum Gasteiger partial charge on any atom is -0.348 e. The van der Waals surface area contributed by atoms with Gasteiger partial charge in [-0.1, -0.05) is 36.4 Å². The third-order valence-corrected chi connectivity index (χ3v) is 3.43. The molecule has 1 aromatic heterocycles. The van der Waals surface area contributed by atoms with Gasteiger partial charge in [0.15, 0.2) is 0 Å². The Balaban J connectivity index is 2.13. The standard InChI is InChI=1S/C18H21N3O/c1-4-5-7-12-18(22)19-13-17-14(2)20-21(15(17)3)16-10-8-6-9-11-16/h4-12H,13H2,1-3H3,(H,19,22). The van der Waals surface area contributed by atoms with E-state index in [2.05, 4.69) is 10.4 Å². The minimum absolute atomic E-state index is 0.107. The summed E-state index contributed by atoms with van der Waals surface area (Å²) >= 11 is 0. The van der Waals surface area contributed by atoms with Gasteiger partial charge in [-0.15, -0.1) is 0 Å². The molecule has 0 aliphatic heterocycles. The zero-order valence-electron chi connectivity index (χ0n) is 13.2. The van der Waals surface area contributed by atoms with Crippen molar-refractivity contribution in [3.63, 3.8) is 0 Å². The SMILES string of the molecule is CC=CC=CC(=O)NCc1c(C)nn(-c2ccccc2)c1C. The van der Waals surface area contributed by atoms with E-state index in [-0.39, 0.29) is 5.91 Å². The van der Waals surface area contributed by atoms with Crippen LogP contribution in [0.2, 0.25) is 0 Å². The molecule has 2 aromatic rings. The van der Waals surface area contributed by atoms with Gasteiger partial charge in [0.05, 0.1) is 11.4 Å². The maximum absolute atomic E-state index is 11.7. The van der Waals surface area contributed by atoms with E-state index in [1.54, 1.807) is 6.08 Å². The zero-order chi connectivity index (χ0) is 15.9. The zero-order valence-corrected chi connectivity index (χ0v) is 13.2. The lowest BCUT2D eigenvalue weighted by Crippen LogP contribution is -2.21. The lowest BCUT2D eigenvalue weighted by Gasteiger charge is -2.06. The molecule has 1 amide bonds. The van der Waals surface area contributed by atoms with Crippen molar-refractivity contribution in [3.05, 3.63) is 71.6 Å². The first kappa shape index (κ1) is 15.8. The summed E-state index contributed by atoms with van der Waals surface area (Å²) in [5, 5.41) is 7.46. The van der Waals surface area contributed by atoms with Crippen molar-refractivity contribution in [2.24, 2.45) is 0 Å². The maximum atomic E-state index is 11.7. The van der Waals surface area contributed by atoms with Crippen LogP contribution in [0.25, 0.3) is 5.69 Å². The quantitative estimate of drug-likeness (QED) is 0.680. The molecule has 0 radical (unpaired) electrons. The van der Waals surface area contributed by atoms with Gasteiger partial charge in [0.2, 0.25) is 5.91 Å². The summed E-state index contributed by atoms with van der Waals surface area (Å²) in [6, 6.07) is 9.98. The number of amides is 1. The van der Waals surface area contributed by atoms with Crippen molar-refractivity contribution in [3.8, 4) is 5.69 Å². The Kier molecular flexibility index (Phi) is 5.31. The van der Waals surface area contributed by atoms with Gasteiger partial charge < -0.3 is 5.32 Å². The lowest BCUT2D eigenvalue weighted by molar-refractivity contribution is -0.116. The lowest BCUT2D eigenvalue weighted by atomic mass is 10.2. The number of nitrogens with one attached hydrogen (secondary N) is 1. The fraction of sp³-hybridized carbons (Fsp3) is 0.222. The Labute approximate surface area is 131 Å². The fourth-order valence-corrected chi connectivity index (χ4v) is 2.24. The van der Waals surface area contributed by atoms with Gasteiger partial charge in [0.1, 0.15) is 0 Å². The number of hydrogen-bond donors (Lipinski definition) is 1. The van der Waals surface area contributed by atoms with E-state index >= 15 is 0 Å². The highest BCUT2D eigenvalue weighted by atomic mass is 16.1.